The molecule has 6 nitrogen and oxygen atoms in total. The molecule has 0 bridgehead atoms. The van der Waals surface area contributed by atoms with Crippen LogP contribution in [0.5, 0.6) is 0 Å². The van der Waals surface area contributed by atoms with Crippen molar-refractivity contribution in [1.82, 2.24) is 9.97 Å². The molecule has 144 valence electrons. The number of benzene rings is 2. The number of aromatic amines is 1. The first-order valence-corrected chi connectivity index (χ1v) is 9.49. The number of anilines is 1. The number of H-pyrrole nitrogens is 1. The maximum absolute atomic E-state index is 12.5. The third kappa shape index (κ3) is 4.80. The molecule has 0 aliphatic rings. The number of nitrogens with zero attached hydrogens (tertiary/aromatic N) is 2. The van der Waals surface area contributed by atoms with Crippen molar-refractivity contribution in [2.24, 2.45) is 11.0 Å². The Morgan fingerprint density at radius 2 is 1.93 bits per heavy atom. The molecular formula is C21H22N4O2S. The molecule has 0 saturated heterocycles. The van der Waals surface area contributed by atoms with Gasteiger partial charge in [0.05, 0.1) is 17.6 Å². The fourth-order valence-corrected chi connectivity index (χ4v) is 3.02. The minimum absolute atomic E-state index is 0.300. The number of fused-ring (bicyclic) bond motifs is 1. The first-order valence-electron chi connectivity index (χ1n) is 9.08. The average Bonchev–Trinajstić information content (AvgIpc) is 2.71. The van der Waals surface area contributed by atoms with E-state index >= 15 is 0 Å². The molecule has 0 radical (unpaired) electrons. The number of hydrogen-bond acceptors (Lipinski definition) is 6. The number of ether oxygens (including phenoxy) is 1. The molecule has 0 spiro atoms. The van der Waals surface area contributed by atoms with Gasteiger partial charge in [0, 0.05) is 5.71 Å². The summed E-state index contributed by atoms with van der Waals surface area (Å²) in [4.78, 5) is 20.1. The summed E-state index contributed by atoms with van der Waals surface area (Å²) in [6.07, 6.45) is 0.509. The molecule has 7 heteroatoms. The SMILES string of the molecule is CCOC(=O)C(Cc1ccccc1)C(C)=NNc1nc2ccccc2[nH]c1=S. The molecule has 1 unspecified atom stereocenters. The lowest BCUT2D eigenvalue weighted by molar-refractivity contribution is -0.145. The van der Waals surface area contributed by atoms with E-state index in [0.29, 0.717) is 29.2 Å². The summed E-state index contributed by atoms with van der Waals surface area (Å²) in [5.41, 5.74) is 6.17. The van der Waals surface area contributed by atoms with E-state index < -0.39 is 5.92 Å². The molecule has 2 N–H and O–H groups in total. The van der Waals surface area contributed by atoms with Gasteiger partial charge in [0.15, 0.2) is 5.82 Å². The van der Waals surface area contributed by atoms with E-state index in [2.05, 4.69) is 20.5 Å². The van der Waals surface area contributed by atoms with Gasteiger partial charge in [-0.15, -0.1) is 0 Å². The van der Waals surface area contributed by atoms with E-state index in [9.17, 15) is 4.79 Å². The molecule has 0 saturated carbocycles. The summed E-state index contributed by atoms with van der Waals surface area (Å²) in [5.74, 6) is -0.353. The van der Waals surface area contributed by atoms with E-state index in [4.69, 9.17) is 17.0 Å². The van der Waals surface area contributed by atoms with Crippen LogP contribution in [-0.4, -0.2) is 28.3 Å². The highest BCUT2D eigenvalue weighted by Crippen LogP contribution is 2.16. The van der Waals surface area contributed by atoms with Gasteiger partial charge in [-0.25, -0.2) is 4.98 Å². The van der Waals surface area contributed by atoms with Gasteiger partial charge in [-0.2, -0.15) is 5.10 Å². The topological polar surface area (TPSA) is 79.4 Å². The number of esters is 1. The van der Waals surface area contributed by atoms with Crippen molar-refractivity contribution in [1.29, 1.82) is 0 Å². The molecule has 0 amide bonds. The summed E-state index contributed by atoms with van der Waals surface area (Å²) in [5, 5.41) is 4.38. The second-order valence-corrected chi connectivity index (χ2v) is 6.70. The smallest absolute Gasteiger partial charge is 0.315 e. The Morgan fingerprint density at radius 1 is 1.21 bits per heavy atom. The van der Waals surface area contributed by atoms with Gasteiger partial charge in [0.2, 0.25) is 0 Å². The van der Waals surface area contributed by atoms with E-state index in [1.165, 1.54) is 0 Å². The number of aromatic nitrogens is 2. The zero-order chi connectivity index (χ0) is 19.9. The highest BCUT2D eigenvalue weighted by atomic mass is 32.1. The summed E-state index contributed by atoms with van der Waals surface area (Å²) < 4.78 is 5.69. The highest BCUT2D eigenvalue weighted by molar-refractivity contribution is 7.71. The van der Waals surface area contributed by atoms with Crippen LogP contribution in [0.1, 0.15) is 19.4 Å². The quantitative estimate of drug-likeness (QED) is 0.267. The van der Waals surface area contributed by atoms with E-state index in [1.54, 1.807) is 13.8 Å². The van der Waals surface area contributed by atoms with Crippen molar-refractivity contribution in [2.45, 2.75) is 20.3 Å². The van der Waals surface area contributed by atoms with Crippen LogP contribution in [0.2, 0.25) is 0 Å². The lowest BCUT2D eigenvalue weighted by Gasteiger charge is -2.16. The van der Waals surface area contributed by atoms with Crippen LogP contribution in [0.3, 0.4) is 0 Å². The third-order valence-corrected chi connectivity index (χ3v) is 4.59. The van der Waals surface area contributed by atoms with E-state index in [-0.39, 0.29) is 5.97 Å². The summed E-state index contributed by atoms with van der Waals surface area (Å²) >= 11 is 5.35. The van der Waals surface area contributed by atoms with Crippen LogP contribution >= 0.6 is 12.2 Å². The van der Waals surface area contributed by atoms with Crippen LogP contribution < -0.4 is 5.43 Å². The minimum atomic E-state index is -0.493. The van der Waals surface area contributed by atoms with Gasteiger partial charge >= 0.3 is 5.97 Å². The van der Waals surface area contributed by atoms with Gasteiger partial charge < -0.3 is 9.72 Å². The fourth-order valence-electron chi connectivity index (χ4n) is 2.82. The van der Waals surface area contributed by atoms with Crippen molar-refractivity contribution in [3.63, 3.8) is 0 Å². The Bertz CT molecular complexity index is 1050. The Labute approximate surface area is 168 Å². The van der Waals surface area contributed by atoms with Crippen molar-refractivity contribution in [2.75, 3.05) is 12.0 Å². The van der Waals surface area contributed by atoms with Gasteiger partial charge in [-0.3, -0.25) is 10.2 Å². The molecule has 0 aliphatic carbocycles. The number of hydrazone groups is 1. The maximum atomic E-state index is 12.5. The predicted octanol–water partition coefficient (Wildman–Crippen LogP) is 4.50. The molecule has 3 rings (SSSR count). The van der Waals surface area contributed by atoms with Gasteiger partial charge in [0.25, 0.3) is 0 Å². The lowest BCUT2D eigenvalue weighted by atomic mass is 9.95. The molecule has 1 atom stereocenters. The zero-order valence-electron chi connectivity index (χ0n) is 15.8. The standard InChI is InChI=1S/C21H22N4O2S/c1-3-27-21(26)16(13-15-9-5-4-6-10-15)14(2)24-25-19-20(28)23-18-12-8-7-11-17(18)22-19/h4-12,16H,3,13H2,1-2H3,(H,22,25)(H,23,28). The first kappa shape index (κ1) is 19.7. The molecule has 2 aromatic carbocycles. The number of carbonyl (C=O) groups excluding carboxylic acids is 1. The highest BCUT2D eigenvalue weighted by Gasteiger charge is 2.23. The summed E-state index contributed by atoms with van der Waals surface area (Å²) in [6, 6.07) is 17.4. The number of hydrogen-bond donors (Lipinski definition) is 2. The van der Waals surface area contributed by atoms with Crippen LogP contribution in [0.15, 0.2) is 59.7 Å². The number of nitrogens with one attached hydrogen (secondary N) is 2. The van der Waals surface area contributed by atoms with Gasteiger partial charge in [0.1, 0.15) is 10.6 Å². The Morgan fingerprint density at radius 3 is 2.68 bits per heavy atom. The number of carbonyl (C=O) groups is 1. The van der Waals surface area contributed by atoms with Crippen LogP contribution in [0.25, 0.3) is 11.0 Å². The largest absolute Gasteiger partial charge is 0.465 e. The molecule has 0 aliphatic heterocycles. The monoisotopic (exact) mass is 394 g/mol. The molecule has 3 aromatic rings. The first-order chi connectivity index (χ1) is 13.6. The molecule has 0 fully saturated rings. The zero-order valence-corrected chi connectivity index (χ0v) is 16.6. The molecule has 28 heavy (non-hydrogen) atoms. The Hall–Kier alpha value is -3.06. The van der Waals surface area contributed by atoms with Crippen LogP contribution in [-0.2, 0) is 16.0 Å². The average molecular weight is 395 g/mol. The number of rotatable bonds is 7. The third-order valence-electron chi connectivity index (χ3n) is 4.30. The van der Waals surface area contributed by atoms with Crippen molar-refractivity contribution in [3.05, 3.63) is 64.8 Å². The fraction of sp³-hybridized carbons (Fsp3) is 0.238. The lowest BCUT2D eigenvalue weighted by Crippen LogP contribution is -2.27. The molecule has 1 aromatic heterocycles. The van der Waals surface area contributed by atoms with Gasteiger partial charge in [-0.05, 0) is 38.0 Å². The predicted molar refractivity (Wildman–Crippen MR) is 114 cm³/mol. The Balaban J connectivity index is 1.84. The number of para-hydroxylation sites is 2. The van der Waals surface area contributed by atoms with Crippen molar-refractivity contribution < 1.29 is 9.53 Å². The van der Waals surface area contributed by atoms with Crippen molar-refractivity contribution in [3.8, 4) is 0 Å². The van der Waals surface area contributed by atoms with Gasteiger partial charge in [-0.1, -0.05) is 54.7 Å². The van der Waals surface area contributed by atoms with Crippen molar-refractivity contribution >= 4 is 40.8 Å². The van der Waals surface area contributed by atoms with Crippen LogP contribution in [0.4, 0.5) is 5.82 Å². The van der Waals surface area contributed by atoms with E-state index in [0.717, 1.165) is 16.6 Å². The minimum Gasteiger partial charge on any atom is -0.465 e. The normalized spacial score (nSPS) is 12.6. The second kappa shape index (κ2) is 9.23. The second-order valence-electron chi connectivity index (χ2n) is 6.29. The summed E-state index contributed by atoms with van der Waals surface area (Å²) in [7, 11) is 0. The maximum Gasteiger partial charge on any atom is 0.315 e. The summed E-state index contributed by atoms with van der Waals surface area (Å²) in [6.45, 7) is 3.91. The van der Waals surface area contributed by atoms with E-state index in [1.807, 2.05) is 54.6 Å². The molecular weight excluding hydrogens is 372 g/mol. The van der Waals surface area contributed by atoms with Crippen LogP contribution in [0, 0.1) is 10.6 Å². The Kier molecular flexibility index (Phi) is 6.49. The molecule has 1 heterocycles.